The first-order valence-electron chi connectivity index (χ1n) is 7.41. The van der Waals surface area contributed by atoms with E-state index in [9.17, 15) is 9.90 Å². The number of hydrogen-bond donors (Lipinski definition) is 1. The maximum atomic E-state index is 11.8. The van der Waals surface area contributed by atoms with Crippen molar-refractivity contribution >= 4 is 23.3 Å². The van der Waals surface area contributed by atoms with E-state index in [0.29, 0.717) is 17.3 Å². The summed E-state index contributed by atoms with van der Waals surface area (Å²) in [6.45, 7) is 2.30. The number of carboxylic acid groups (broad SMARTS) is 1. The molecule has 2 unspecified atom stereocenters. The van der Waals surface area contributed by atoms with E-state index in [4.69, 9.17) is 11.6 Å². The summed E-state index contributed by atoms with van der Waals surface area (Å²) in [7, 11) is 0. The molecule has 0 aliphatic carbocycles. The number of rotatable bonds is 4. The number of aliphatic carboxylic acids is 1. The molecule has 2 aromatic carbocycles. The van der Waals surface area contributed by atoms with Crippen molar-refractivity contribution in [2.45, 2.75) is 19.5 Å². The van der Waals surface area contributed by atoms with Crippen molar-refractivity contribution in [2.75, 3.05) is 0 Å². The molecule has 1 aliphatic heterocycles. The predicted octanol–water partition coefficient (Wildman–Crippen LogP) is 3.97. The third-order valence-electron chi connectivity index (χ3n) is 4.05. The highest BCUT2D eigenvalue weighted by atomic mass is 35.5. The summed E-state index contributed by atoms with van der Waals surface area (Å²) < 4.78 is 0. The van der Waals surface area contributed by atoms with Crippen molar-refractivity contribution in [1.82, 2.24) is 5.01 Å². The lowest BCUT2D eigenvalue weighted by Crippen LogP contribution is -2.30. The van der Waals surface area contributed by atoms with Crippen LogP contribution in [0.4, 0.5) is 0 Å². The van der Waals surface area contributed by atoms with Crippen molar-refractivity contribution in [1.29, 1.82) is 0 Å². The molecule has 118 valence electrons. The van der Waals surface area contributed by atoms with Gasteiger partial charge in [0.05, 0.1) is 18.3 Å². The van der Waals surface area contributed by atoms with Gasteiger partial charge in [-0.2, -0.15) is 5.10 Å². The zero-order chi connectivity index (χ0) is 16.4. The Morgan fingerprint density at radius 1 is 1.17 bits per heavy atom. The van der Waals surface area contributed by atoms with Gasteiger partial charge in [-0.25, -0.2) is 0 Å². The van der Waals surface area contributed by atoms with E-state index in [1.54, 1.807) is 13.0 Å². The topological polar surface area (TPSA) is 52.9 Å². The summed E-state index contributed by atoms with van der Waals surface area (Å²) in [4.78, 5) is 11.8. The molecule has 0 saturated carbocycles. The summed E-state index contributed by atoms with van der Waals surface area (Å²) in [5, 5.41) is 16.5. The Morgan fingerprint density at radius 2 is 1.83 bits per heavy atom. The van der Waals surface area contributed by atoms with E-state index in [1.165, 1.54) is 0 Å². The van der Waals surface area contributed by atoms with Crippen molar-refractivity contribution in [2.24, 2.45) is 11.0 Å². The molecule has 1 heterocycles. The first kappa shape index (κ1) is 15.6. The number of carbonyl (C=O) groups is 1. The van der Waals surface area contributed by atoms with Gasteiger partial charge < -0.3 is 5.11 Å². The molecule has 4 nitrogen and oxygen atoms in total. The Balaban J connectivity index is 2.00. The number of carboxylic acids is 1. The Bertz CT molecular complexity index is 746. The van der Waals surface area contributed by atoms with Crippen LogP contribution in [0.15, 0.2) is 59.7 Å². The molecule has 1 aliphatic rings. The molecule has 0 bridgehead atoms. The van der Waals surface area contributed by atoms with Crippen molar-refractivity contribution < 1.29 is 9.90 Å². The van der Waals surface area contributed by atoms with E-state index in [-0.39, 0.29) is 0 Å². The molecule has 0 fully saturated rings. The van der Waals surface area contributed by atoms with E-state index in [0.717, 1.165) is 11.1 Å². The van der Waals surface area contributed by atoms with Crippen LogP contribution in [-0.2, 0) is 11.3 Å². The standard InChI is InChI=1S/C18H17ClN2O2/c1-12-16(18(22)23)17(14-9-5-6-10-15(14)19)21(20-12)11-13-7-3-2-4-8-13/h2-10,16-17H,11H2,1H3,(H,22,23). The Kier molecular flexibility index (Phi) is 4.35. The monoisotopic (exact) mass is 328 g/mol. The van der Waals surface area contributed by atoms with Gasteiger partial charge in [0.1, 0.15) is 5.92 Å². The van der Waals surface area contributed by atoms with Crippen LogP contribution in [0, 0.1) is 5.92 Å². The zero-order valence-electron chi connectivity index (χ0n) is 12.7. The van der Waals surface area contributed by atoms with Gasteiger partial charge in [-0.15, -0.1) is 0 Å². The average molecular weight is 329 g/mol. The van der Waals surface area contributed by atoms with Gasteiger partial charge in [0.15, 0.2) is 0 Å². The molecule has 23 heavy (non-hydrogen) atoms. The number of benzene rings is 2. The fourth-order valence-corrected chi connectivity index (χ4v) is 3.25. The van der Waals surface area contributed by atoms with Crippen LogP contribution < -0.4 is 0 Å². The van der Waals surface area contributed by atoms with Crippen molar-refractivity contribution in [3.63, 3.8) is 0 Å². The fourth-order valence-electron chi connectivity index (χ4n) is 3.00. The molecule has 0 aromatic heterocycles. The largest absolute Gasteiger partial charge is 0.481 e. The van der Waals surface area contributed by atoms with Crippen LogP contribution >= 0.6 is 11.6 Å². The minimum absolute atomic E-state index is 0.401. The molecule has 2 atom stereocenters. The molecule has 0 radical (unpaired) electrons. The first-order chi connectivity index (χ1) is 11.1. The highest BCUT2D eigenvalue weighted by molar-refractivity contribution is 6.31. The second-order valence-electron chi connectivity index (χ2n) is 5.61. The van der Waals surface area contributed by atoms with E-state index in [2.05, 4.69) is 5.10 Å². The van der Waals surface area contributed by atoms with Gasteiger partial charge >= 0.3 is 5.97 Å². The normalized spacial score (nSPS) is 20.4. The molecule has 3 rings (SSSR count). The smallest absolute Gasteiger partial charge is 0.314 e. The van der Waals surface area contributed by atoms with E-state index in [1.807, 2.05) is 53.5 Å². The Morgan fingerprint density at radius 3 is 2.48 bits per heavy atom. The minimum atomic E-state index is -0.883. The van der Waals surface area contributed by atoms with Crippen LogP contribution in [0.2, 0.25) is 5.02 Å². The van der Waals surface area contributed by atoms with Crippen LogP contribution in [0.3, 0.4) is 0 Å². The molecule has 2 aromatic rings. The lowest BCUT2D eigenvalue weighted by molar-refractivity contribution is -0.140. The number of hydrogen-bond acceptors (Lipinski definition) is 3. The maximum Gasteiger partial charge on any atom is 0.314 e. The number of halogens is 1. The summed E-state index contributed by atoms with van der Waals surface area (Å²) in [5.74, 6) is -1.58. The second kappa shape index (κ2) is 6.42. The second-order valence-corrected chi connectivity index (χ2v) is 6.01. The van der Waals surface area contributed by atoms with E-state index >= 15 is 0 Å². The number of hydrazone groups is 1. The minimum Gasteiger partial charge on any atom is -0.481 e. The first-order valence-corrected chi connectivity index (χ1v) is 7.78. The third kappa shape index (κ3) is 3.08. The molecular weight excluding hydrogens is 312 g/mol. The van der Waals surface area contributed by atoms with Gasteiger partial charge in [-0.1, -0.05) is 60.1 Å². The van der Waals surface area contributed by atoms with Gasteiger partial charge in [0.25, 0.3) is 0 Å². The molecule has 0 saturated heterocycles. The fraction of sp³-hybridized carbons (Fsp3) is 0.222. The molecule has 1 N–H and O–H groups in total. The highest BCUT2D eigenvalue weighted by Gasteiger charge is 2.41. The summed E-state index contributed by atoms with van der Waals surface area (Å²) in [6, 6.07) is 16.8. The molecule has 0 amide bonds. The third-order valence-corrected chi connectivity index (χ3v) is 4.39. The Labute approximate surface area is 140 Å². The highest BCUT2D eigenvalue weighted by Crippen LogP contribution is 2.39. The van der Waals surface area contributed by atoms with Crippen LogP contribution in [-0.4, -0.2) is 21.8 Å². The quantitative estimate of drug-likeness (QED) is 0.923. The summed E-state index contributed by atoms with van der Waals surface area (Å²) in [6.07, 6.45) is 0. The number of nitrogens with zero attached hydrogens (tertiary/aromatic N) is 2. The maximum absolute atomic E-state index is 11.8. The summed E-state index contributed by atoms with van der Waals surface area (Å²) in [5.41, 5.74) is 2.46. The van der Waals surface area contributed by atoms with E-state index < -0.39 is 17.9 Å². The lowest BCUT2D eigenvalue weighted by atomic mass is 9.90. The Hall–Kier alpha value is -2.33. The summed E-state index contributed by atoms with van der Waals surface area (Å²) >= 11 is 6.32. The molecule has 0 spiro atoms. The van der Waals surface area contributed by atoms with Crippen molar-refractivity contribution in [3.8, 4) is 0 Å². The zero-order valence-corrected chi connectivity index (χ0v) is 13.4. The van der Waals surface area contributed by atoms with Gasteiger partial charge in [0.2, 0.25) is 0 Å². The lowest BCUT2D eigenvalue weighted by Gasteiger charge is -2.27. The van der Waals surface area contributed by atoms with Gasteiger partial charge in [-0.05, 0) is 24.1 Å². The van der Waals surface area contributed by atoms with Crippen LogP contribution in [0.1, 0.15) is 24.1 Å². The van der Waals surface area contributed by atoms with Gasteiger partial charge in [-0.3, -0.25) is 9.80 Å². The van der Waals surface area contributed by atoms with Gasteiger partial charge in [0, 0.05) is 5.02 Å². The van der Waals surface area contributed by atoms with Crippen LogP contribution in [0.25, 0.3) is 0 Å². The predicted molar refractivity (Wildman–Crippen MR) is 90.4 cm³/mol. The molecule has 5 heteroatoms. The average Bonchev–Trinajstić information content (AvgIpc) is 2.85. The SMILES string of the molecule is CC1=NN(Cc2ccccc2)C(c2ccccc2Cl)C1C(=O)O. The van der Waals surface area contributed by atoms with Crippen LogP contribution in [0.5, 0.6) is 0 Å². The molecular formula is C18H17ClN2O2. The van der Waals surface area contributed by atoms with Crippen molar-refractivity contribution in [3.05, 3.63) is 70.7 Å².